The first kappa shape index (κ1) is 9.83. The lowest BCUT2D eigenvalue weighted by atomic mass is 10.0. The van der Waals surface area contributed by atoms with Crippen molar-refractivity contribution in [3.05, 3.63) is 0 Å². The number of ether oxygens (including phenoxy) is 1. The van der Waals surface area contributed by atoms with Gasteiger partial charge in [0.15, 0.2) is 0 Å². The molecule has 0 N–H and O–H groups in total. The van der Waals surface area contributed by atoms with E-state index in [1.807, 2.05) is 0 Å². The van der Waals surface area contributed by atoms with Gasteiger partial charge in [-0.2, -0.15) is 0 Å². The zero-order valence-electron chi connectivity index (χ0n) is 8.22. The summed E-state index contributed by atoms with van der Waals surface area (Å²) in [5.41, 5.74) is -3.11. The van der Waals surface area contributed by atoms with E-state index in [-0.39, 0.29) is 12.5 Å². The molecule has 0 saturated carbocycles. The molecule has 2 aliphatic rings. The largest absolute Gasteiger partial charge is 0.354 e. The summed E-state index contributed by atoms with van der Waals surface area (Å²) in [6, 6.07) is -0.307. The van der Waals surface area contributed by atoms with Gasteiger partial charge in [-0.25, -0.2) is 8.78 Å². The molecule has 2 fully saturated rings. The van der Waals surface area contributed by atoms with Crippen molar-refractivity contribution in [3.8, 4) is 0 Å². The number of amides is 1. The Balaban J connectivity index is 2.30. The number of hydrogen-bond acceptors (Lipinski definition) is 2. The lowest BCUT2D eigenvalue weighted by Gasteiger charge is -2.30. The molecule has 2 saturated heterocycles. The maximum atomic E-state index is 13.7. The van der Waals surface area contributed by atoms with Gasteiger partial charge in [-0.3, -0.25) is 4.79 Å². The number of nitrogens with zero attached hydrogens (tertiary/aromatic N) is 1. The zero-order valence-corrected chi connectivity index (χ0v) is 8.22. The van der Waals surface area contributed by atoms with E-state index in [0.29, 0.717) is 6.61 Å². The van der Waals surface area contributed by atoms with Gasteiger partial charge in [-0.1, -0.05) is 0 Å². The van der Waals surface area contributed by atoms with Crippen molar-refractivity contribution in [1.29, 1.82) is 0 Å². The highest BCUT2D eigenvalue weighted by molar-refractivity contribution is 5.88. The van der Waals surface area contributed by atoms with E-state index in [1.165, 1.54) is 4.90 Å². The van der Waals surface area contributed by atoms with Crippen LogP contribution >= 0.6 is 0 Å². The zero-order chi connectivity index (χ0) is 10.6. The van der Waals surface area contributed by atoms with Crippen LogP contribution in [0.25, 0.3) is 0 Å². The summed E-state index contributed by atoms with van der Waals surface area (Å²) in [7, 11) is 0. The number of halogens is 2. The van der Waals surface area contributed by atoms with Crippen LogP contribution in [-0.4, -0.2) is 41.5 Å². The molecule has 14 heavy (non-hydrogen) atoms. The second kappa shape index (κ2) is 2.66. The SMILES string of the molecule is CC1(C)OCC2CC(F)(CF)C(=O)N21. The molecule has 3 nitrogen and oxygen atoms in total. The molecule has 2 atom stereocenters. The Morgan fingerprint density at radius 1 is 1.64 bits per heavy atom. The molecule has 0 aliphatic carbocycles. The summed E-state index contributed by atoms with van der Waals surface area (Å²) in [4.78, 5) is 12.9. The molecule has 2 unspecified atom stereocenters. The number of fused-ring (bicyclic) bond motifs is 1. The lowest BCUT2D eigenvalue weighted by molar-refractivity contribution is -0.152. The summed E-state index contributed by atoms with van der Waals surface area (Å²) < 4.78 is 31.4. The van der Waals surface area contributed by atoms with Crippen LogP contribution in [0, 0.1) is 0 Å². The summed E-state index contributed by atoms with van der Waals surface area (Å²) >= 11 is 0. The summed E-state index contributed by atoms with van der Waals surface area (Å²) in [6.07, 6.45) is -0.0915. The van der Waals surface area contributed by atoms with Gasteiger partial charge in [-0.05, 0) is 13.8 Å². The molecule has 80 valence electrons. The number of rotatable bonds is 1. The minimum Gasteiger partial charge on any atom is -0.354 e. The molecule has 0 spiro atoms. The summed E-state index contributed by atoms with van der Waals surface area (Å²) in [5.74, 6) is -0.771. The molecule has 2 heterocycles. The molecule has 0 radical (unpaired) electrons. The molecule has 0 aromatic carbocycles. The average Bonchev–Trinajstić information content (AvgIpc) is 2.53. The highest BCUT2D eigenvalue weighted by atomic mass is 19.2. The topological polar surface area (TPSA) is 29.5 Å². The van der Waals surface area contributed by atoms with Gasteiger partial charge in [0.05, 0.1) is 12.6 Å². The van der Waals surface area contributed by atoms with Crippen LogP contribution in [0.15, 0.2) is 0 Å². The van der Waals surface area contributed by atoms with Gasteiger partial charge in [0.1, 0.15) is 12.4 Å². The first-order valence-electron chi connectivity index (χ1n) is 4.63. The monoisotopic (exact) mass is 205 g/mol. The van der Waals surface area contributed by atoms with Crippen molar-refractivity contribution in [2.75, 3.05) is 13.3 Å². The second-order valence-electron chi connectivity index (χ2n) is 4.39. The molecular weight excluding hydrogens is 192 g/mol. The van der Waals surface area contributed by atoms with Crippen LogP contribution < -0.4 is 0 Å². The third-order valence-electron chi connectivity index (χ3n) is 2.95. The smallest absolute Gasteiger partial charge is 0.265 e. The van der Waals surface area contributed by atoms with Gasteiger partial charge in [0.25, 0.3) is 5.91 Å². The Labute approximate surface area is 81.0 Å². The Bertz CT molecular complexity index is 282. The number of alkyl halides is 2. The fourth-order valence-corrected chi connectivity index (χ4v) is 2.23. The van der Waals surface area contributed by atoms with Crippen LogP contribution in [-0.2, 0) is 9.53 Å². The fraction of sp³-hybridized carbons (Fsp3) is 0.889. The molecule has 1 amide bonds. The van der Waals surface area contributed by atoms with Gasteiger partial charge in [-0.15, -0.1) is 0 Å². The second-order valence-corrected chi connectivity index (χ2v) is 4.39. The van der Waals surface area contributed by atoms with Gasteiger partial charge >= 0.3 is 0 Å². The van der Waals surface area contributed by atoms with Crippen LogP contribution in [0.4, 0.5) is 8.78 Å². The van der Waals surface area contributed by atoms with Gasteiger partial charge in [0, 0.05) is 6.42 Å². The fourth-order valence-electron chi connectivity index (χ4n) is 2.23. The van der Waals surface area contributed by atoms with E-state index in [2.05, 4.69) is 0 Å². The van der Waals surface area contributed by atoms with Crippen molar-refractivity contribution < 1.29 is 18.3 Å². The molecule has 0 aromatic heterocycles. The van der Waals surface area contributed by atoms with Crippen molar-refractivity contribution >= 4 is 5.91 Å². The molecule has 0 aromatic rings. The molecule has 2 aliphatic heterocycles. The van der Waals surface area contributed by atoms with Crippen LogP contribution in [0.2, 0.25) is 0 Å². The minimum absolute atomic E-state index is 0.0915. The lowest BCUT2D eigenvalue weighted by Crippen LogP contribution is -2.47. The van der Waals surface area contributed by atoms with Crippen LogP contribution in [0.5, 0.6) is 0 Å². The Hall–Kier alpha value is -0.710. The van der Waals surface area contributed by atoms with Gasteiger partial charge < -0.3 is 9.64 Å². The van der Waals surface area contributed by atoms with Gasteiger partial charge in [0.2, 0.25) is 5.67 Å². The van der Waals surface area contributed by atoms with E-state index in [1.54, 1.807) is 13.8 Å². The number of hydrogen-bond donors (Lipinski definition) is 0. The van der Waals surface area contributed by atoms with E-state index in [4.69, 9.17) is 4.74 Å². The molecule has 0 bridgehead atoms. The minimum atomic E-state index is -2.31. The maximum absolute atomic E-state index is 13.7. The third-order valence-corrected chi connectivity index (χ3v) is 2.95. The van der Waals surface area contributed by atoms with Crippen LogP contribution in [0.1, 0.15) is 20.3 Å². The highest BCUT2D eigenvalue weighted by Crippen LogP contribution is 2.41. The normalized spacial score (nSPS) is 40.4. The summed E-state index contributed by atoms with van der Waals surface area (Å²) in [5, 5.41) is 0. The van der Waals surface area contributed by atoms with E-state index in [9.17, 15) is 13.6 Å². The van der Waals surface area contributed by atoms with Crippen molar-refractivity contribution in [2.45, 2.75) is 37.7 Å². The Kier molecular flexibility index (Phi) is 1.86. The van der Waals surface area contributed by atoms with Crippen molar-refractivity contribution in [1.82, 2.24) is 4.90 Å². The quantitative estimate of drug-likeness (QED) is 0.640. The Morgan fingerprint density at radius 2 is 2.29 bits per heavy atom. The predicted octanol–water partition coefficient (Wildman–Crippen LogP) is 1.03. The summed E-state index contributed by atoms with van der Waals surface area (Å²) in [6.45, 7) is 2.43. The van der Waals surface area contributed by atoms with E-state index < -0.39 is 24.0 Å². The highest BCUT2D eigenvalue weighted by Gasteiger charge is 2.60. The molecule has 5 heteroatoms. The predicted molar refractivity (Wildman–Crippen MR) is 45.1 cm³/mol. The van der Waals surface area contributed by atoms with Crippen LogP contribution in [0.3, 0.4) is 0 Å². The molecular formula is C9H13F2NO2. The first-order valence-corrected chi connectivity index (χ1v) is 4.63. The number of carbonyl (C=O) groups is 1. The maximum Gasteiger partial charge on any atom is 0.265 e. The third kappa shape index (κ3) is 1.08. The average molecular weight is 205 g/mol. The van der Waals surface area contributed by atoms with Crippen molar-refractivity contribution in [3.63, 3.8) is 0 Å². The van der Waals surface area contributed by atoms with E-state index in [0.717, 1.165) is 0 Å². The number of carbonyl (C=O) groups excluding carboxylic acids is 1. The first-order chi connectivity index (χ1) is 6.41. The Morgan fingerprint density at radius 3 is 2.79 bits per heavy atom. The standard InChI is InChI=1S/C9H13F2NO2/c1-8(2)12-6(4-14-8)3-9(11,5-10)7(12)13/h6H,3-5H2,1-2H3. The molecule has 2 rings (SSSR count). The van der Waals surface area contributed by atoms with E-state index >= 15 is 0 Å². The van der Waals surface area contributed by atoms with Crippen molar-refractivity contribution in [2.24, 2.45) is 0 Å².